The summed E-state index contributed by atoms with van der Waals surface area (Å²) in [4.78, 5) is 11.9. The zero-order valence-electron chi connectivity index (χ0n) is 11.7. The molecule has 3 aromatic rings. The van der Waals surface area contributed by atoms with Crippen molar-refractivity contribution >= 4 is 11.6 Å². The summed E-state index contributed by atoms with van der Waals surface area (Å²) in [5, 5.41) is 19.8. The van der Waals surface area contributed by atoms with Crippen molar-refractivity contribution in [2.75, 3.05) is 0 Å². The second kappa shape index (κ2) is 5.32. The maximum Gasteiger partial charge on any atom is 0.369 e. The van der Waals surface area contributed by atoms with Gasteiger partial charge in [-0.05, 0) is 10.4 Å². The zero-order valence-corrected chi connectivity index (χ0v) is 11.5. The number of aromatic nitrogens is 8. The van der Waals surface area contributed by atoms with Crippen LogP contribution >= 0.6 is 11.6 Å². The summed E-state index contributed by atoms with van der Waals surface area (Å²) >= 11 is 6.09. The van der Waals surface area contributed by atoms with Crippen molar-refractivity contribution in [1.29, 1.82) is 0 Å². The normalized spacial score (nSPS) is 11.4. The third kappa shape index (κ3) is 2.48. The lowest BCUT2D eigenvalue weighted by Crippen LogP contribution is -2.24. The van der Waals surface area contributed by atoms with Crippen molar-refractivity contribution in [1.82, 2.24) is 40.2 Å². The lowest BCUT2D eigenvalue weighted by molar-refractivity contribution is 0.292. The minimum atomic E-state index is -0.492. The van der Waals surface area contributed by atoms with Gasteiger partial charge >= 0.3 is 5.69 Å². The highest BCUT2D eigenvalue weighted by Gasteiger charge is 2.17. The lowest BCUT2D eigenvalue weighted by Gasteiger charge is -2.08. The highest BCUT2D eigenvalue weighted by Crippen LogP contribution is 2.20. The van der Waals surface area contributed by atoms with Gasteiger partial charge < -0.3 is 4.74 Å². The molecule has 1 N–H and O–H groups in total. The topological polar surface area (TPSA) is 116 Å². The smallest absolute Gasteiger partial charge is 0.369 e. The number of nitrogens with one attached hydrogen (secondary N) is 1. The average Bonchev–Trinajstić information content (AvgIpc) is 3.05. The Morgan fingerprint density at radius 1 is 1.52 bits per heavy atom. The fraction of sp³-hybridized carbons (Fsp3) is 0.200. The van der Waals surface area contributed by atoms with E-state index in [4.69, 9.17) is 17.7 Å². The molecule has 3 aromatic heterocycles. The van der Waals surface area contributed by atoms with Gasteiger partial charge in [-0.25, -0.2) is 4.79 Å². The van der Waals surface area contributed by atoms with E-state index in [1.807, 2.05) is 0 Å². The van der Waals surface area contributed by atoms with Crippen molar-refractivity contribution in [3.05, 3.63) is 39.5 Å². The number of aromatic amines is 1. The number of nitrogens with zero attached hydrogens (tertiary/aromatic N) is 7. The molecule has 0 radical (unpaired) electrons. The molecule has 3 heterocycles. The Bertz CT molecular complexity index is 872. The van der Waals surface area contributed by atoms with Crippen LogP contribution in [0.15, 0.2) is 23.3 Å². The molecule has 0 amide bonds. The van der Waals surface area contributed by atoms with E-state index in [0.717, 1.165) is 14.5 Å². The van der Waals surface area contributed by atoms with Gasteiger partial charge in [-0.3, -0.25) is 5.09 Å². The summed E-state index contributed by atoms with van der Waals surface area (Å²) < 4.78 is 14.7. The summed E-state index contributed by atoms with van der Waals surface area (Å²) in [6.45, 7) is -0.0241. The van der Waals surface area contributed by atoms with Crippen LogP contribution in [0.3, 0.4) is 0 Å². The fourth-order valence-corrected chi connectivity index (χ4v) is 1.76. The molecule has 0 aliphatic rings. The molecule has 0 saturated carbocycles. The number of ether oxygens (including phenoxy) is 1. The Labute approximate surface area is 123 Å². The minimum Gasteiger partial charge on any atom is -0.472 e. The van der Waals surface area contributed by atoms with Crippen LogP contribution in [0, 0.1) is 0 Å². The van der Waals surface area contributed by atoms with Crippen molar-refractivity contribution in [3.63, 3.8) is 0 Å². The van der Waals surface area contributed by atoms with Gasteiger partial charge in [-0.15, -0.1) is 14.9 Å². The molecule has 0 aromatic carbocycles. The van der Waals surface area contributed by atoms with E-state index in [-0.39, 0.29) is 23.3 Å². The lowest BCUT2D eigenvalue weighted by atomic mass is 10.3. The quantitative estimate of drug-likeness (QED) is 0.703. The number of hydrogen-bond acceptors (Lipinski definition) is 7. The molecule has 0 bridgehead atoms. The molecule has 11 heteroatoms. The van der Waals surface area contributed by atoms with Crippen LogP contribution in [-0.4, -0.2) is 40.2 Å². The number of rotatable bonds is 4. The molecule has 0 aliphatic carbocycles. The molecule has 108 valence electrons. The second-order valence-electron chi connectivity index (χ2n) is 3.95. The fourth-order valence-electron chi connectivity index (χ4n) is 1.57. The van der Waals surface area contributed by atoms with Gasteiger partial charge in [0.15, 0.2) is 7.23 Å². The average molecular weight is 311 g/mol. The minimum absolute atomic E-state index is 0.0241. The van der Waals surface area contributed by atoms with E-state index in [1.165, 1.54) is 25.5 Å². The van der Waals surface area contributed by atoms with E-state index in [9.17, 15) is 4.79 Å². The van der Waals surface area contributed by atoms with Crippen LogP contribution in [0.4, 0.5) is 0 Å². The largest absolute Gasteiger partial charge is 0.472 e. The maximum atomic E-state index is 11.9. The molecule has 3 rings (SSSR count). The van der Waals surface area contributed by atoms with Crippen LogP contribution in [0.25, 0.3) is 5.82 Å². The van der Waals surface area contributed by atoms with Crippen molar-refractivity contribution < 1.29 is 6.15 Å². The molecular formula is C10H9ClN8O2. The zero-order chi connectivity index (χ0) is 15.7. The van der Waals surface area contributed by atoms with E-state index in [0.29, 0.717) is 5.56 Å². The molecule has 10 nitrogen and oxygen atoms in total. The maximum absolute atomic E-state index is 11.9. The Hall–Kier alpha value is -2.75. The molecule has 0 spiro atoms. The standard InChI is InChI=1S/C10H9ClN8O2/c1-18-10(20)19(17-16-18)9-6(7(11)4-13-15-9)5-21-8-2-3-12-14-8/h2-4H,5H2,1H3,(H,12,14)/i/hT. The SMILES string of the molecule is [3H]n1ccc(OCc2c(Cl)cnnc2-n2nnn(C)c2=O)n1. The van der Waals surface area contributed by atoms with Gasteiger partial charge in [-0.2, -0.15) is 9.78 Å². The van der Waals surface area contributed by atoms with Gasteiger partial charge in [0.2, 0.25) is 5.88 Å². The van der Waals surface area contributed by atoms with E-state index in [1.54, 1.807) is 0 Å². The highest BCUT2D eigenvalue weighted by atomic mass is 35.5. The van der Waals surface area contributed by atoms with Crippen molar-refractivity contribution in [2.45, 2.75) is 6.61 Å². The summed E-state index contributed by atoms with van der Waals surface area (Å²) in [6.07, 6.45) is 2.74. The predicted molar refractivity (Wildman–Crippen MR) is 70.1 cm³/mol. The first-order valence-electron chi connectivity index (χ1n) is 6.18. The van der Waals surface area contributed by atoms with Crippen molar-refractivity contribution in [3.8, 4) is 11.7 Å². The van der Waals surface area contributed by atoms with Crippen LogP contribution in [-0.2, 0) is 13.7 Å². The molecule has 21 heavy (non-hydrogen) atoms. The summed E-state index contributed by atoms with van der Waals surface area (Å²) in [7, 11) is 1.46. The molecule has 0 unspecified atom stereocenters. The van der Waals surface area contributed by atoms with E-state index in [2.05, 4.69) is 25.7 Å². The number of tetrazole rings is 1. The Morgan fingerprint density at radius 2 is 2.38 bits per heavy atom. The molecule has 0 fully saturated rings. The van der Waals surface area contributed by atoms with Gasteiger partial charge in [0.25, 0.3) is 0 Å². The number of aryl methyl sites for hydroxylation is 1. The Balaban J connectivity index is 1.96. The first kappa shape index (κ1) is 12.0. The van der Waals surface area contributed by atoms with Crippen LogP contribution < -0.4 is 10.4 Å². The van der Waals surface area contributed by atoms with Gasteiger partial charge in [0, 0.05) is 19.3 Å². The molecule has 0 atom stereocenters. The van der Waals surface area contributed by atoms with E-state index < -0.39 is 5.69 Å². The van der Waals surface area contributed by atoms with E-state index >= 15 is 0 Å². The van der Waals surface area contributed by atoms with Crippen molar-refractivity contribution in [2.24, 2.45) is 7.05 Å². The Morgan fingerprint density at radius 3 is 3.05 bits per heavy atom. The van der Waals surface area contributed by atoms with Gasteiger partial charge in [-0.1, -0.05) is 11.6 Å². The molecule has 0 aliphatic heterocycles. The Kier molecular flexibility index (Phi) is 3.05. The number of halogens is 1. The summed E-state index contributed by atoms with van der Waals surface area (Å²) in [6, 6.07) is 1.52. The summed E-state index contributed by atoms with van der Waals surface area (Å²) in [5.41, 5.74) is -0.0907. The highest BCUT2D eigenvalue weighted by molar-refractivity contribution is 6.31. The molecule has 0 saturated heterocycles. The monoisotopic (exact) mass is 310 g/mol. The third-order valence-corrected chi connectivity index (χ3v) is 2.93. The number of H-pyrrole nitrogens is 1. The third-order valence-electron chi connectivity index (χ3n) is 2.61. The number of hydrogen-bond donors (Lipinski definition) is 1. The summed E-state index contributed by atoms with van der Waals surface area (Å²) in [5.74, 6) is 0.358. The van der Waals surface area contributed by atoms with Crippen LogP contribution in [0.1, 0.15) is 5.56 Å². The predicted octanol–water partition coefficient (Wildman–Crippen LogP) is -0.289. The van der Waals surface area contributed by atoms with Gasteiger partial charge in [0.05, 0.1) is 16.8 Å². The first-order chi connectivity index (χ1) is 10.6. The van der Waals surface area contributed by atoms with Crippen LogP contribution in [0.5, 0.6) is 5.88 Å². The van der Waals surface area contributed by atoms with Gasteiger partial charge in [0.1, 0.15) is 6.61 Å². The first-order valence-corrected chi connectivity index (χ1v) is 6.11. The molecular weight excluding hydrogens is 300 g/mol. The van der Waals surface area contributed by atoms with Crippen LogP contribution in [0.2, 0.25) is 6.43 Å². The second-order valence-corrected chi connectivity index (χ2v) is 4.36.